The first-order valence-electron chi connectivity index (χ1n) is 8.96. The fraction of sp³-hybridized carbons (Fsp3) is 0.688. The molecule has 0 spiro atoms. The van der Waals surface area contributed by atoms with E-state index in [-0.39, 0.29) is 5.65 Å². The molecule has 0 saturated carbocycles. The number of likely N-dealkylation sites (N-methyl/N-ethyl adjacent to an activating group) is 1. The van der Waals surface area contributed by atoms with Crippen molar-refractivity contribution in [2.24, 2.45) is 0 Å². The zero-order valence-corrected chi connectivity index (χ0v) is 14.7. The van der Waals surface area contributed by atoms with Crippen LogP contribution in [-0.4, -0.2) is 81.5 Å². The first-order chi connectivity index (χ1) is 12.5. The molecule has 4 heterocycles. The Morgan fingerprint density at radius 2 is 1.85 bits per heavy atom. The van der Waals surface area contributed by atoms with Crippen LogP contribution in [0.25, 0.3) is 5.65 Å². The molecule has 142 valence electrons. The summed E-state index contributed by atoms with van der Waals surface area (Å²) in [6.45, 7) is 9.07. The van der Waals surface area contributed by atoms with Crippen LogP contribution in [0.4, 0.5) is 19.0 Å². The second-order valence-corrected chi connectivity index (χ2v) is 6.84. The molecule has 4 rings (SSSR count). The molecular weight excluding hydrogens is 347 g/mol. The Balaban J connectivity index is 1.48. The van der Waals surface area contributed by atoms with Crippen LogP contribution in [0.15, 0.2) is 12.1 Å². The van der Waals surface area contributed by atoms with E-state index in [1.54, 1.807) is 6.07 Å². The third-order valence-corrected chi connectivity index (χ3v) is 5.36. The van der Waals surface area contributed by atoms with Gasteiger partial charge in [-0.3, -0.25) is 4.90 Å². The Labute approximate surface area is 149 Å². The first kappa shape index (κ1) is 17.5. The van der Waals surface area contributed by atoms with Gasteiger partial charge in [-0.1, -0.05) is 6.92 Å². The highest BCUT2D eigenvalue weighted by Crippen LogP contribution is 2.28. The van der Waals surface area contributed by atoms with Gasteiger partial charge in [0, 0.05) is 45.3 Å². The Hall–Kier alpha value is -1.94. The van der Waals surface area contributed by atoms with Crippen molar-refractivity contribution in [2.75, 3.05) is 50.7 Å². The zero-order chi connectivity index (χ0) is 18.3. The minimum Gasteiger partial charge on any atom is -0.354 e. The number of halogens is 3. The molecule has 10 heteroatoms. The highest BCUT2D eigenvalue weighted by atomic mass is 19.4. The zero-order valence-electron chi connectivity index (χ0n) is 14.7. The number of nitrogens with zero attached hydrogens (tertiary/aromatic N) is 7. The van der Waals surface area contributed by atoms with Crippen molar-refractivity contribution in [3.63, 3.8) is 0 Å². The summed E-state index contributed by atoms with van der Waals surface area (Å²) in [5, 5.41) is 10.9. The van der Waals surface area contributed by atoms with Crippen LogP contribution < -0.4 is 4.90 Å². The van der Waals surface area contributed by atoms with Crippen LogP contribution in [0.2, 0.25) is 0 Å². The van der Waals surface area contributed by atoms with E-state index in [2.05, 4.69) is 36.9 Å². The van der Waals surface area contributed by atoms with Gasteiger partial charge in [0.2, 0.25) is 0 Å². The molecule has 1 atom stereocenters. The van der Waals surface area contributed by atoms with E-state index < -0.39 is 12.0 Å². The lowest BCUT2D eigenvalue weighted by Gasteiger charge is -2.37. The minimum absolute atomic E-state index is 0.104. The Morgan fingerprint density at radius 1 is 1.08 bits per heavy atom. The lowest BCUT2D eigenvalue weighted by molar-refractivity contribution is -0.146. The molecule has 2 aliphatic heterocycles. The molecule has 2 saturated heterocycles. The van der Waals surface area contributed by atoms with Gasteiger partial charge in [0.1, 0.15) is 5.82 Å². The molecule has 2 aromatic heterocycles. The molecule has 0 bridgehead atoms. The Bertz CT molecular complexity index is 767. The van der Waals surface area contributed by atoms with Crippen molar-refractivity contribution in [1.82, 2.24) is 29.6 Å². The van der Waals surface area contributed by atoms with Gasteiger partial charge in [-0.2, -0.15) is 17.7 Å². The molecule has 0 aliphatic carbocycles. The smallest absolute Gasteiger partial charge is 0.354 e. The fourth-order valence-electron chi connectivity index (χ4n) is 3.82. The summed E-state index contributed by atoms with van der Waals surface area (Å²) >= 11 is 0. The number of anilines is 1. The highest BCUT2D eigenvalue weighted by molar-refractivity contribution is 5.46. The standard InChI is InChI=1S/C16H22F3N7/c1-2-23-7-9-24(10-8-23)12-5-6-25(11-12)14-4-3-13-20-21-15(16(17,18)19)26(13)22-14/h3-4,12H,2,5-11H2,1H3. The second kappa shape index (κ2) is 6.66. The predicted octanol–water partition coefficient (Wildman–Crippen LogP) is 1.36. The molecule has 0 aromatic carbocycles. The van der Waals surface area contributed by atoms with Crippen LogP contribution in [0, 0.1) is 0 Å². The van der Waals surface area contributed by atoms with Gasteiger partial charge in [0.25, 0.3) is 5.82 Å². The monoisotopic (exact) mass is 369 g/mol. The topological polar surface area (TPSA) is 52.8 Å². The molecule has 1 unspecified atom stereocenters. The largest absolute Gasteiger partial charge is 0.453 e. The Morgan fingerprint density at radius 3 is 2.54 bits per heavy atom. The van der Waals surface area contributed by atoms with Crippen molar-refractivity contribution in [2.45, 2.75) is 25.6 Å². The number of rotatable bonds is 3. The SMILES string of the molecule is CCN1CCN(C2CCN(c3ccc4nnc(C(F)(F)F)n4n3)C2)CC1. The first-order valence-corrected chi connectivity index (χ1v) is 8.96. The molecule has 0 N–H and O–H groups in total. The summed E-state index contributed by atoms with van der Waals surface area (Å²) in [5.74, 6) is -0.543. The van der Waals surface area contributed by atoms with Crippen LogP contribution in [0.1, 0.15) is 19.2 Å². The van der Waals surface area contributed by atoms with Crippen molar-refractivity contribution < 1.29 is 13.2 Å². The van der Waals surface area contributed by atoms with Crippen molar-refractivity contribution in [3.8, 4) is 0 Å². The maximum Gasteiger partial charge on any atom is 0.453 e. The molecule has 2 fully saturated rings. The van der Waals surface area contributed by atoms with Crippen LogP contribution in [0.3, 0.4) is 0 Å². The fourth-order valence-corrected chi connectivity index (χ4v) is 3.82. The third-order valence-electron chi connectivity index (χ3n) is 5.36. The van der Waals surface area contributed by atoms with Gasteiger partial charge in [-0.05, 0) is 25.1 Å². The van der Waals surface area contributed by atoms with Crippen LogP contribution >= 0.6 is 0 Å². The van der Waals surface area contributed by atoms with Gasteiger partial charge >= 0.3 is 6.18 Å². The maximum atomic E-state index is 13.0. The van der Waals surface area contributed by atoms with Gasteiger partial charge in [0.15, 0.2) is 5.65 Å². The van der Waals surface area contributed by atoms with Crippen molar-refractivity contribution in [3.05, 3.63) is 18.0 Å². The summed E-state index contributed by atoms with van der Waals surface area (Å²) < 4.78 is 39.9. The van der Waals surface area contributed by atoms with E-state index in [1.807, 2.05) is 0 Å². The van der Waals surface area contributed by atoms with Crippen molar-refractivity contribution in [1.29, 1.82) is 0 Å². The van der Waals surface area contributed by atoms with Gasteiger partial charge in [-0.15, -0.1) is 15.3 Å². The summed E-state index contributed by atoms with van der Waals surface area (Å²) in [5.41, 5.74) is 0.104. The van der Waals surface area contributed by atoms with Gasteiger partial charge in [0.05, 0.1) is 0 Å². The van der Waals surface area contributed by atoms with E-state index in [0.29, 0.717) is 11.9 Å². The van der Waals surface area contributed by atoms with E-state index in [4.69, 9.17) is 0 Å². The molecule has 26 heavy (non-hydrogen) atoms. The molecule has 0 radical (unpaired) electrons. The highest BCUT2D eigenvalue weighted by Gasteiger charge is 2.38. The number of hydrogen-bond donors (Lipinski definition) is 0. The lowest BCUT2D eigenvalue weighted by atomic mass is 10.2. The number of hydrogen-bond acceptors (Lipinski definition) is 6. The number of aromatic nitrogens is 4. The predicted molar refractivity (Wildman–Crippen MR) is 90.1 cm³/mol. The van der Waals surface area contributed by atoms with Gasteiger partial charge in [-0.25, -0.2) is 0 Å². The Kier molecular flexibility index (Phi) is 4.47. The van der Waals surface area contributed by atoms with Crippen molar-refractivity contribution >= 4 is 11.5 Å². The summed E-state index contributed by atoms with van der Waals surface area (Å²) in [4.78, 5) is 6.98. The summed E-state index contributed by atoms with van der Waals surface area (Å²) in [6, 6.07) is 3.69. The van der Waals surface area contributed by atoms with E-state index in [0.717, 1.165) is 56.7 Å². The number of piperazine rings is 1. The molecule has 7 nitrogen and oxygen atoms in total. The quantitative estimate of drug-likeness (QED) is 0.814. The average Bonchev–Trinajstić information content (AvgIpc) is 3.28. The summed E-state index contributed by atoms with van der Waals surface area (Å²) in [7, 11) is 0. The normalized spacial score (nSPS) is 23.2. The molecule has 2 aromatic rings. The third kappa shape index (κ3) is 3.23. The van der Waals surface area contributed by atoms with E-state index in [9.17, 15) is 13.2 Å². The molecule has 0 amide bonds. The second-order valence-electron chi connectivity index (χ2n) is 6.84. The lowest BCUT2D eigenvalue weighted by Crippen LogP contribution is -2.50. The van der Waals surface area contributed by atoms with Crippen LogP contribution in [0.5, 0.6) is 0 Å². The summed E-state index contributed by atoms with van der Waals surface area (Å²) in [6.07, 6.45) is -3.57. The number of alkyl halides is 3. The van der Waals surface area contributed by atoms with E-state index in [1.165, 1.54) is 6.07 Å². The molecular formula is C16H22F3N7. The van der Waals surface area contributed by atoms with Gasteiger partial charge < -0.3 is 9.80 Å². The van der Waals surface area contributed by atoms with E-state index >= 15 is 0 Å². The molecule has 2 aliphatic rings. The average molecular weight is 369 g/mol. The van der Waals surface area contributed by atoms with Crippen LogP contribution in [-0.2, 0) is 6.18 Å². The maximum absolute atomic E-state index is 13.0. The minimum atomic E-state index is -4.57. The number of fused-ring (bicyclic) bond motifs is 1.